The standard InChI is InChI=1S/C26H20N4O/c1-18-6-4-10-23(14-18)30-25(21-12-11-19-7-2-3-8-20(19)15-21)16-24(29-30)26(31)28-22-9-5-13-27-17-22/h2-17H,1H3,(H,28,31). The maximum atomic E-state index is 12.9. The molecule has 0 atom stereocenters. The van der Waals surface area contributed by atoms with E-state index < -0.39 is 0 Å². The van der Waals surface area contributed by atoms with Crippen LogP contribution in [0.4, 0.5) is 5.69 Å². The average Bonchev–Trinajstić information content (AvgIpc) is 3.25. The maximum Gasteiger partial charge on any atom is 0.276 e. The van der Waals surface area contributed by atoms with Gasteiger partial charge in [0.2, 0.25) is 0 Å². The van der Waals surface area contributed by atoms with E-state index in [1.807, 2.05) is 48.0 Å². The molecule has 2 aromatic heterocycles. The lowest BCUT2D eigenvalue weighted by Crippen LogP contribution is -2.13. The molecule has 2 heterocycles. The minimum Gasteiger partial charge on any atom is -0.319 e. The van der Waals surface area contributed by atoms with Crippen LogP contribution in [0.3, 0.4) is 0 Å². The Morgan fingerprint density at radius 3 is 2.55 bits per heavy atom. The summed E-state index contributed by atoms with van der Waals surface area (Å²) >= 11 is 0. The summed E-state index contributed by atoms with van der Waals surface area (Å²) in [6.07, 6.45) is 3.28. The highest BCUT2D eigenvalue weighted by molar-refractivity contribution is 6.03. The van der Waals surface area contributed by atoms with Gasteiger partial charge >= 0.3 is 0 Å². The second kappa shape index (κ2) is 7.88. The average molecular weight is 404 g/mol. The van der Waals surface area contributed by atoms with Crippen molar-refractivity contribution in [3.05, 3.63) is 109 Å². The number of anilines is 1. The number of carbonyl (C=O) groups excluding carboxylic acids is 1. The molecule has 31 heavy (non-hydrogen) atoms. The predicted octanol–water partition coefficient (Wildman–Crippen LogP) is 5.65. The van der Waals surface area contributed by atoms with E-state index in [1.165, 1.54) is 5.39 Å². The zero-order valence-electron chi connectivity index (χ0n) is 17.0. The van der Waals surface area contributed by atoms with Crippen LogP contribution in [0.1, 0.15) is 16.1 Å². The summed E-state index contributed by atoms with van der Waals surface area (Å²) in [6.45, 7) is 2.04. The van der Waals surface area contributed by atoms with Gasteiger partial charge in [0.15, 0.2) is 5.69 Å². The minimum absolute atomic E-state index is 0.276. The lowest BCUT2D eigenvalue weighted by Gasteiger charge is -2.09. The van der Waals surface area contributed by atoms with Gasteiger partial charge in [-0.25, -0.2) is 4.68 Å². The van der Waals surface area contributed by atoms with E-state index in [2.05, 4.69) is 51.8 Å². The predicted molar refractivity (Wildman–Crippen MR) is 123 cm³/mol. The van der Waals surface area contributed by atoms with Crippen molar-refractivity contribution in [2.75, 3.05) is 5.32 Å². The number of pyridine rings is 1. The Kier molecular flexibility index (Phi) is 4.77. The van der Waals surface area contributed by atoms with E-state index in [0.717, 1.165) is 27.9 Å². The second-order valence-corrected chi connectivity index (χ2v) is 7.42. The zero-order chi connectivity index (χ0) is 21.2. The minimum atomic E-state index is -0.276. The molecule has 0 saturated carbocycles. The number of benzene rings is 3. The Labute approximate surface area is 180 Å². The molecular weight excluding hydrogens is 384 g/mol. The number of amides is 1. The van der Waals surface area contributed by atoms with Crippen molar-refractivity contribution in [1.82, 2.24) is 14.8 Å². The molecule has 5 heteroatoms. The number of carbonyl (C=O) groups is 1. The Morgan fingerprint density at radius 2 is 1.74 bits per heavy atom. The van der Waals surface area contributed by atoms with E-state index in [0.29, 0.717) is 11.4 Å². The molecule has 5 aromatic rings. The van der Waals surface area contributed by atoms with Crippen molar-refractivity contribution < 1.29 is 4.79 Å². The first-order valence-electron chi connectivity index (χ1n) is 10.0. The molecule has 0 aliphatic carbocycles. The lowest BCUT2D eigenvalue weighted by atomic mass is 10.0. The maximum absolute atomic E-state index is 12.9. The molecule has 150 valence electrons. The number of aromatic nitrogens is 3. The summed E-state index contributed by atoms with van der Waals surface area (Å²) in [5.41, 5.74) is 4.85. The van der Waals surface area contributed by atoms with E-state index in [-0.39, 0.29) is 5.91 Å². The van der Waals surface area contributed by atoms with Crippen LogP contribution in [-0.2, 0) is 0 Å². The fourth-order valence-corrected chi connectivity index (χ4v) is 3.63. The van der Waals surface area contributed by atoms with Crippen molar-refractivity contribution in [1.29, 1.82) is 0 Å². The summed E-state index contributed by atoms with van der Waals surface area (Å²) in [5.74, 6) is -0.276. The van der Waals surface area contributed by atoms with Gasteiger partial charge < -0.3 is 5.32 Å². The first-order valence-corrected chi connectivity index (χ1v) is 10.0. The molecular formula is C26H20N4O. The van der Waals surface area contributed by atoms with Gasteiger partial charge in [-0.05, 0) is 59.7 Å². The molecule has 0 spiro atoms. The third-order valence-electron chi connectivity index (χ3n) is 5.15. The number of rotatable bonds is 4. The van der Waals surface area contributed by atoms with Crippen LogP contribution in [-0.4, -0.2) is 20.7 Å². The van der Waals surface area contributed by atoms with Gasteiger partial charge in [-0.3, -0.25) is 9.78 Å². The van der Waals surface area contributed by atoms with Crippen LogP contribution < -0.4 is 5.32 Å². The quantitative estimate of drug-likeness (QED) is 0.421. The monoisotopic (exact) mass is 404 g/mol. The molecule has 0 bridgehead atoms. The number of nitrogens with one attached hydrogen (secondary N) is 1. The first-order chi connectivity index (χ1) is 15.2. The Morgan fingerprint density at radius 1 is 0.871 bits per heavy atom. The fraction of sp³-hybridized carbons (Fsp3) is 0.0385. The van der Waals surface area contributed by atoms with Gasteiger partial charge in [-0.15, -0.1) is 0 Å². The van der Waals surface area contributed by atoms with E-state index >= 15 is 0 Å². The Hall–Kier alpha value is -4.25. The third kappa shape index (κ3) is 3.81. The number of hydrogen-bond donors (Lipinski definition) is 1. The summed E-state index contributed by atoms with van der Waals surface area (Å²) in [7, 11) is 0. The molecule has 0 saturated heterocycles. The number of fused-ring (bicyclic) bond motifs is 1. The van der Waals surface area contributed by atoms with Crippen molar-refractivity contribution in [2.24, 2.45) is 0 Å². The Balaban J connectivity index is 1.62. The lowest BCUT2D eigenvalue weighted by molar-refractivity contribution is 0.102. The SMILES string of the molecule is Cc1cccc(-n2nc(C(=O)Nc3cccnc3)cc2-c2ccc3ccccc3c2)c1. The van der Waals surface area contributed by atoms with Crippen LogP contribution in [0.5, 0.6) is 0 Å². The molecule has 5 rings (SSSR count). The van der Waals surface area contributed by atoms with Gasteiger partial charge in [0.05, 0.1) is 23.3 Å². The smallest absolute Gasteiger partial charge is 0.276 e. The van der Waals surface area contributed by atoms with Crippen LogP contribution in [0.15, 0.2) is 97.3 Å². The van der Waals surface area contributed by atoms with Gasteiger partial charge in [-0.1, -0.05) is 48.5 Å². The van der Waals surface area contributed by atoms with Gasteiger partial charge in [0.25, 0.3) is 5.91 Å². The Bertz CT molecular complexity index is 1390. The largest absolute Gasteiger partial charge is 0.319 e. The van der Waals surface area contributed by atoms with Crippen LogP contribution in [0.2, 0.25) is 0 Å². The van der Waals surface area contributed by atoms with Crippen LogP contribution in [0, 0.1) is 6.92 Å². The summed E-state index contributed by atoms with van der Waals surface area (Å²) in [5, 5.41) is 9.83. The second-order valence-electron chi connectivity index (χ2n) is 7.42. The summed E-state index contributed by atoms with van der Waals surface area (Å²) in [6, 6.07) is 28.0. The summed E-state index contributed by atoms with van der Waals surface area (Å²) in [4.78, 5) is 17.0. The van der Waals surface area contributed by atoms with Crippen molar-refractivity contribution in [3.8, 4) is 16.9 Å². The molecule has 0 fully saturated rings. The molecule has 1 amide bonds. The first kappa shape index (κ1) is 18.8. The molecule has 3 aromatic carbocycles. The van der Waals surface area contributed by atoms with E-state index in [4.69, 9.17) is 0 Å². The van der Waals surface area contributed by atoms with Crippen LogP contribution >= 0.6 is 0 Å². The van der Waals surface area contributed by atoms with Crippen molar-refractivity contribution in [3.63, 3.8) is 0 Å². The van der Waals surface area contributed by atoms with E-state index in [1.54, 1.807) is 24.5 Å². The molecule has 0 aliphatic heterocycles. The van der Waals surface area contributed by atoms with Crippen molar-refractivity contribution in [2.45, 2.75) is 6.92 Å². The highest BCUT2D eigenvalue weighted by Crippen LogP contribution is 2.28. The number of nitrogens with zero attached hydrogens (tertiary/aromatic N) is 3. The van der Waals surface area contributed by atoms with Gasteiger partial charge in [0.1, 0.15) is 0 Å². The molecule has 0 aliphatic rings. The zero-order valence-corrected chi connectivity index (χ0v) is 17.0. The third-order valence-corrected chi connectivity index (χ3v) is 5.15. The van der Waals surface area contributed by atoms with E-state index in [9.17, 15) is 4.79 Å². The van der Waals surface area contributed by atoms with Gasteiger partial charge in [0, 0.05) is 11.8 Å². The normalized spacial score (nSPS) is 10.9. The fourth-order valence-electron chi connectivity index (χ4n) is 3.63. The van der Waals surface area contributed by atoms with Gasteiger partial charge in [-0.2, -0.15) is 5.10 Å². The molecule has 0 unspecified atom stereocenters. The summed E-state index contributed by atoms with van der Waals surface area (Å²) < 4.78 is 1.83. The molecule has 0 radical (unpaired) electrons. The molecule has 5 nitrogen and oxygen atoms in total. The number of aryl methyl sites for hydroxylation is 1. The topological polar surface area (TPSA) is 59.8 Å². The van der Waals surface area contributed by atoms with Crippen LogP contribution in [0.25, 0.3) is 27.7 Å². The highest BCUT2D eigenvalue weighted by Gasteiger charge is 2.17. The van der Waals surface area contributed by atoms with Crippen molar-refractivity contribution >= 4 is 22.4 Å². The highest BCUT2D eigenvalue weighted by atomic mass is 16.2. The number of hydrogen-bond acceptors (Lipinski definition) is 3. The molecule has 1 N–H and O–H groups in total.